The molecule has 0 fully saturated rings. The van der Waals surface area contributed by atoms with Gasteiger partial charge in [0.25, 0.3) is 0 Å². The van der Waals surface area contributed by atoms with Crippen LogP contribution in [-0.4, -0.2) is 31.6 Å². The van der Waals surface area contributed by atoms with Gasteiger partial charge in [-0.15, -0.1) is 0 Å². The highest BCUT2D eigenvalue weighted by Crippen LogP contribution is 2.24. The van der Waals surface area contributed by atoms with Gasteiger partial charge in [0, 0.05) is 24.2 Å². The Labute approximate surface area is 105 Å². The zero-order chi connectivity index (χ0) is 12.8. The molecule has 0 aromatic heterocycles. The number of methoxy groups -OCH3 is 1. The second-order valence-corrected chi connectivity index (χ2v) is 4.55. The van der Waals surface area contributed by atoms with Gasteiger partial charge >= 0.3 is 0 Å². The van der Waals surface area contributed by atoms with Crippen LogP contribution in [-0.2, 0) is 0 Å². The van der Waals surface area contributed by atoms with Crippen LogP contribution >= 0.6 is 0 Å². The number of nitrogens with zero attached hydrogens (tertiary/aromatic N) is 1. The van der Waals surface area contributed by atoms with Crippen LogP contribution in [0.4, 0.5) is 0 Å². The Bertz CT molecular complexity index is 341. The molecule has 96 valence electrons. The molecule has 0 aliphatic rings. The minimum atomic E-state index is -0.00912. The third-order valence-electron chi connectivity index (χ3n) is 3.37. The molecule has 3 heteroatoms. The minimum absolute atomic E-state index is 0.00912. The van der Waals surface area contributed by atoms with E-state index in [0.29, 0.717) is 6.04 Å². The quantitative estimate of drug-likeness (QED) is 0.824. The first kappa shape index (κ1) is 14.0. The van der Waals surface area contributed by atoms with E-state index in [1.54, 1.807) is 7.11 Å². The Hall–Kier alpha value is -1.06. The van der Waals surface area contributed by atoms with Crippen LogP contribution in [0.1, 0.15) is 31.9 Å². The lowest BCUT2D eigenvalue weighted by molar-refractivity contribution is 0.236. The van der Waals surface area contributed by atoms with Crippen molar-refractivity contribution in [3.63, 3.8) is 0 Å². The molecule has 0 aliphatic heterocycles. The van der Waals surface area contributed by atoms with E-state index in [1.807, 2.05) is 24.3 Å². The standard InChI is InChI=1S/C14H24N2O/c1-5-11(2)16(3)10-13(15)12-8-6-7-9-14(12)17-4/h6-9,11,13H,5,10,15H2,1-4H3. The van der Waals surface area contributed by atoms with Crippen molar-refractivity contribution in [2.75, 3.05) is 20.7 Å². The van der Waals surface area contributed by atoms with Crippen molar-refractivity contribution in [1.82, 2.24) is 4.90 Å². The van der Waals surface area contributed by atoms with Crippen molar-refractivity contribution >= 4 is 0 Å². The molecule has 3 nitrogen and oxygen atoms in total. The zero-order valence-corrected chi connectivity index (χ0v) is 11.3. The average Bonchev–Trinajstić information content (AvgIpc) is 2.37. The van der Waals surface area contributed by atoms with Crippen LogP contribution < -0.4 is 10.5 Å². The smallest absolute Gasteiger partial charge is 0.123 e. The second kappa shape index (κ2) is 6.62. The van der Waals surface area contributed by atoms with E-state index in [0.717, 1.165) is 24.3 Å². The van der Waals surface area contributed by atoms with Crippen LogP contribution in [0.15, 0.2) is 24.3 Å². The fraction of sp³-hybridized carbons (Fsp3) is 0.571. The monoisotopic (exact) mass is 236 g/mol. The van der Waals surface area contributed by atoms with Crippen LogP contribution in [0, 0.1) is 0 Å². The lowest BCUT2D eigenvalue weighted by atomic mass is 10.1. The van der Waals surface area contributed by atoms with Gasteiger partial charge in [-0.05, 0) is 26.5 Å². The summed E-state index contributed by atoms with van der Waals surface area (Å²) in [5.41, 5.74) is 7.32. The van der Waals surface area contributed by atoms with Crippen molar-refractivity contribution in [3.05, 3.63) is 29.8 Å². The molecule has 17 heavy (non-hydrogen) atoms. The average molecular weight is 236 g/mol. The molecule has 0 bridgehead atoms. The van der Waals surface area contributed by atoms with Gasteiger partial charge in [0.1, 0.15) is 5.75 Å². The van der Waals surface area contributed by atoms with Gasteiger partial charge in [0.15, 0.2) is 0 Å². The molecule has 0 saturated heterocycles. The van der Waals surface area contributed by atoms with E-state index in [9.17, 15) is 0 Å². The summed E-state index contributed by atoms with van der Waals surface area (Å²) < 4.78 is 5.34. The number of ether oxygens (including phenoxy) is 1. The molecule has 0 spiro atoms. The minimum Gasteiger partial charge on any atom is -0.496 e. The molecular weight excluding hydrogens is 212 g/mol. The maximum atomic E-state index is 6.24. The molecule has 0 amide bonds. The summed E-state index contributed by atoms with van der Waals surface area (Å²) in [5, 5.41) is 0. The molecule has 0 radical (unpaired) electrons. The summed E-state index contributed by atoms with van der Waals surface area (Å²) in [6.07, 6.45) is 1.13. The Morgan fingerprint density at radius 2 is 2.00 bits per heavy atom. The van der Waals surface area contributed by atoms with Crippen LogP contribution in [0.5, 0.6) is 5.75 Å². The highest BCUT2D eigenvalue weighted by Gasteiger charge is 2.15. The second-order valence-electron chi connectivity index (χ2n) is 4.55. The van der Waals surface area contributed by atoms with E-state index < -0.39 is 0 Å². The highest BCUT2D eigenvalue weighted by atomic mass is 16.5. The van der Waals surface area contributed by atoms with Gasteiger partial charge in [-0.25, -0.2) is 0 Å². The fourth-order valence-electron chi connectivity index (χ4n) is 1.87. The highest BCUT2D eigenvalue weighted by molar-refractivity contribution is 5.35. The van der Waals surface area contributed by atoms with Crippen molar-refractivity contribution in [2.45, 2.75) is 32.4 Å². The van der Waals surface area contributed by atoms with Gasteiger partial charge in [-0.3, -0.25) is 0 Å². The van der Waals surface area contributed by atoms with E-state index in [1.165, 1.54) is 0 Å². The number of likely N-dealkylation sites (N-methyl/N-ethyl adjacent to an activating group) is 1. The summed E-state index contributed by atoms with van der Waals surface area (Å²) in [4.78, 5) is 2.29. The van der Waals surface area contributed by atoms with E-state index in [2.05, 4.69) is 25.8 Å². The molecular formula is C14H24N2O. The fourth-order valence-corrected chi connectivity index (χ4v) is 1.87. The topological polar surface area (TPSA) is 38.5 Å². The summed E-state index contributed by atoms with van der Waals surface area (Å²) >= 11 is 0. The van der Waals surface area contributed by atoms with Crippen molar-refractivity contribution < 1.29 is 4.74 Å². The Morgan fingerprint density at radius 3 is 2.59 bits per heavy atom. The molecule has 1 aromatic rings. The van der Waals surface area contributed by atoms with E-state index >= 15 is 0 Å². The summed E-state index contributed by atoms with van der Waals surface area (Å²) in [6.45, 7) is 5.25. The third-order valence-corrected chi connectivity index (χ3v) is 3.37. The maximum absolute atomic E-state index is 6.24. The van der Waals surface area contributed by atoms with Gasteiger partial charge in [0.05, 0.1) is 7.11 Å². The predicted molar refractivity (Wildman–Crippen MR) is 72.3 cm³/mol. The van der Waals surface area contributed by atoms with Gasteiger partial charge in [-0.2, -0.15) is 0 Å². The SMILES string of the molecule is CCC(C)N(C)CC(N)c1ccccc1OC. The number of para-hydroxylation sites is 1. The Morgan fingerprint density at radius 1 is 1.35 bits per heavy atom. The number of rotatable bonds is 6. The number of hydrogen-bond donors (Lipinski definition) is 1. The first-order chi connectivity index (χ1) is 8.10. The summed E-state index contributed by atoms with van der Waals surface area (Å²) in [6, 6.07) is 8.50. The Kier molecular flexibility index (Phi) is 5.45. The van der Waals surface area contributed by atoms with Crippen molar-refractivity contribution in [1.29, 1.82) is 0 Å². The molecule has 2 N–H and O–H groups in total. The maximum Gasteiger partial charge on any atom is 0.123 e. The van der Waals surface area contributed by atoms with Gasteiger partial charge in [0.2, 0.25) is 0 Å². The number of hydrogen-bond acceptors (Lipinski definition) is 3. The van der Waals surface area contributed by atoms with Crippen molar-refractivity contribution in [3.8, 4) is 5.75 Å². The Balaban J connectivity index is 2.72. The zero-order valence-electron chi connectivity index (χ0n) is 11.3. The van der Waals surface area contributed by atoms with E-state index in [-0.39, 0.29) is 6.04 Å². The molecule has 2 atom stereocenters. The van der Waals surface area contributed by atoms with Crippen LogP contribution in [0.3, 0.4) is 0 Å². The number of benzene rings is 1. The summed E-state index contributed by atoms with van der Waals surface area (Å²) in [7, 11) is 3.80. The summed E-state index contributed by atoms with van der Waals surface area (Å²) in [5.74, 6) is 0.873. The van der Waals surface area contributed by atoms with Crippen molar-refractivity contribution in [2.24, 2.45) is 5.73 Å². The largest absolute Gasteiger partial charge is 0.496 e. The third kappa shape index (κ3) is 3.72. The lowest BCUT2D eigenvalue weighted by Crippen LogP contribution is -2.35. The molecule has 1 aromatic carbocycles. The molecule has 2 unspecified atom stereocenters. The lowest BCUT2D eigenvalue weighted by Gasteiger charge is -2.27. The molecule has 0 saturated carbocycles. The van der Waals surface area contributed by atoms with Gasteiger partial charge < -0.3 is 15.4 Å². The normalized spacial score (nSPS) is 14.7. The molecule has 0 heterocycles. The molecule has 1 rings (SSSR count). The number of nitrogens with two attached hydrogens (primary N) is 1. The van der Waals surface area contributed by atoms with Gasteiger partial charge in [-0.1, -0.05) is 25.1 Å². The van der Waals surface area contributed by atoms with E-state index in [4.69, 9.17) is 10.5 Å². The van der Waals surface area contributed by atoms with Crippen LogP contribution in [0.25, 0.3) is 0 Å². The first-order valence-electron chi connectivity index (χ1n) is 6.18. The molecule has 0 aliphatic carbocycles. The van der Waals surface area contributed by atoms with Crippen LogP contribution in [0.2, 0.25) is 0 Å². The first-order valence-corrected chi connectivity index (χ1v) is 6.18. The predicted octanol–water partition coefficient (Wildman–Crippen LogP) is 2.43.